The smallest absolute Gasteiger partial charge is 0.465 e. The summed E-state index contributed by atoms with van der Waals surface area (Å²) in [6, 6.07) is 0.0527. The molecule has 0 saturated carbocycles. The zero-order valence-electron chi connectivity index (χ0n) is 15.5. The fraction of sp³-hybridized carbons (Fsp3) is 0.706. The van der Waals surface area contributed by atoms with E-state index in [1.54, 1.807) is 13.8 Å². The number of alkyl halides is 3. The van der Waals surface area contributed by atoms with Crippen molar-refractivity contribution in [3.05, 3.63) is 10.6 Å². The third kappa shape index (κ3) is 3.09. The van der Waals surface area contributed by atoms with Crippen molar-refractivity contribution in [2.45, 2.75) is 56.9 Å². The lowest BCUT2D eigenvalue weighted by Gasteiger charge is -2.39. The summed E-state index contributed by atoms with van der Waals surface area (Å²) in [4.78, 5) is 32.9. The van der Waals surface area contributed by atoms with Gasteiger partial charge in [0.15, 0.2) is 5.13 Å². The number of carbonyl (C=O) groups is 2. The average Bonchev–Trinajstić information content (AvgIpc) is 3.11. The number of aromatic nitrogens is 1. The van der Waals surface area contributed by atoms with Crippen LogP contribution in [-0.2, 0) is 16.8 Å². The fourth-order valence-electron chi connectivity index (χ4n) is 4.56. The van der Waals surface area contributed by atoms with Gasteiger partial charge in [0, 0.05) is 42.0 Å². The van der Waals surface area contributed by atoms with Gasteiger partial charge in [-0.3, -0.25) is 4.79 Å². The quantitative estimate of drug-likeness (QED) is 0.759. The van der Waals surface area contributed by atoms with Gasteiger partial charge >= 0.3 is 18.2 Å². The summed E-state index contributed by atoms with van der Waals surface area (Å²) in [6.45, 7) is 4.25. The van der Waals surface area contributed by atoms with E-state index in [9.17, 15) is 27.9 Å². The highest BCUT2D eigenvalue weighted by atomic mass is 32.1. The van der Waals surface area contributed by atoms with Gasteiger partial charge in [-0.05, 0) is 12.8 Å². The van der Waals surface area contributed by atoms with Gasteiger partial charge in [0.25, 0.3) is 0 Å². The number of thiazole rings is 1. The molecule has 0 aromatic carbocycles. The molecule has 1 N–H and O–H groups in total. The Bertz CT molecular complexity index is 811. The summed E-state index contributed by atoms with van der Waals surface area (Å²) >= 11 is 1.32. The van der Waals surface area contributed by atoms with Crippen molar-refractivity contribution in [3.63, 3.8) is 0 Å². The zero-order chi connectivity index (χ0) is 20.4. The number of likely N-dealkylation sites (tertiary alicyclic amines) is 1. The number of nitrogens with zero attached hydrogens (tertiary/aromatic N) is 4. The number of piperazine rings is 1. The van der Waals surface area contributed by atoms with Gasteiger partial charge in [0.1, 0.15) is 0 Å². The Labute approximate surface area is 163 Å². The molecule has 2 amide bonds. The molecule has 154 valence electrons. The largest absolute Gasteiger partial charge is 0.471 e. The number of carbonyl (C=O) groups excluding carboxylic acids is 1. The SMILES string of the molecule is CC1(C)CN(C(=O)C(F)(F)F)Cc2sc(N3C4CCC3CN(C(=O)O)C4)nc21. The van der Waals surface area contributed by atoms with Crippen LogP contribution in [0.1, 0.15) is 37.3 Å². The van der Waals surface area contributed by atoms with E-state index in [-0.39, 0.29) is 25.2 Å². The lowest BCUT2D eigenvalue weighted by molar-refractivity contribution is -0.187. The van der Waals surface area contributed by atoms with E-state index in [1.807, 2.05) is 0 Å². The Kier molecular flexibility index (Phi) is 4.29. The maximum Gasteiger partial charge on any atom is 0.471 e. The van der Waals surface area contributed by atoms with Crippen molar-refractivity contribution in [2.75, 3.05) is 24.5 Å². The first-order chi connectivity index (χ1) is 13.0. The van der Waals surface area contributed by atoms with Crippen LogP contribution in [0.5, 0.6) is 0 Å². The van der Waals surface area contributed by atoms with Gasteiger partial charge in [0.05, 0.1) is 12.2 Å². The topological polar surface area (TPSA) is 77.0 Å². The maximum atomic E-state index is 12.9. The van der Waals surface area contributed by atoms with E-state index in [0.717, 1.165) is 28.6 Å². The van der Waals surface area contributed by atoms with Crippen LogP contribution in [0.15, 0.2) is 0 Å². The molecule has 4 rings (SSSR count). The molecule has 0 spiro atoms. The molecule has 1 aromatic heterocycles. The van der Waals surface area contributed by atoms with Crippen LogP contribution in [0, 0.1) is 0 Å². The Hall–Kier alpha value is -2.04. The van der Waals surface area contributed by atoms with Gasteiger partial charge in [0.2, 0.25) is 0 Å². The lowest BCUT2D eigenvalue weighted by atomic mass is 9.85. The van der Waals surface area contributed by atoms with Crippen molar-refractivity contribution in [3.8, 4) is 0 Å². The molecule has 2 atom stereocenters. The summed E-state index contributed by atoms with van der Waals surface area (Å²) in [5.74, 6) is -1.82. The monoisotopic (exact) mass is 418 g/mol. The molecule has 2 fully saturated rings. The Balaban J connectivity index is 1.62. The minimum Gasteiger partial charge on any atom is -0.465 e. The first-order valence-corrected chi connectivity index (χ1v) is 9.91. The summed E-state index contributed by atoms with van der Waals surface area (Å²) in [5.41, 5.74) is 0.0457. The van der Waals surface area contributed by atoms with Crippen molar-refractivity contribution in [2.24, 2.45) is 0 Å². The highest BCUT2D eigenvalue weighted by Crippen LogP contribution is 2.43. The summed E-state index contributed by atoms with van der Waals surface area (Å²) < 4.78 is 38.7. The van der Waals surface area contributed by atoms with E-state index in [0.29, 0.717) is 18.0 Å². The Morgan fingerprint density at radius 3 is 2.32 bits per heavy atom. The predicted molar refractivity (Wildman–Crippen MR) is 95.5 cm³/mol. The van der Waals surface area contributed by atoms with Crippen LogP contribution in [0.2, 0.25) is 0 Å². The van der Waals surface area contributed by atoms with E-state index in [2.05, 4.69) is 4.90 Å². The summed E-state index contributed by atoms with van der Waals surface area (Å²) in [6.07, 6.45) is -4.10. The van der Waals surface area contributed by atoms with Crippen LogP contribution >= 0.6 is 11.3 Å². The van der Waals surface area contributed by atoms with Crippen molar-refractivity contribution >= 4 is 28.5 Å². The Morgan fingerprint density at radius 1 is 1.18 bits per heavy atom. The van der Waals surface area contributed by atoms with Crippen molar-refractivity contribution in [1.29, 1.82) is 0 Å². The van der Waals surface area contributed by atoms with Crippen LogP contribution in [-0.4, -0.2) is 69.8 Å². The van der Waals surface area contributed by atoms with E-state index in [4.69, 9.17) is 4.98 Å². The molecular formula is C17H21F3N4O3S. The van der Waals surface area contributed by atoms with Crippen LogP contribution in [0.25, 0.3) is 0 Å². The average molecular weight is 418 g/mol. The van der Waals surface area contributed by atoms with E-state index in [1.165, 1.54) is 16.2 Å². The molecule has 2 unspecified atom stereocenters. The van der Waals surface area contributed by atoms with Gasteiger partial charge in [-0.2, -0.15) is 13.2 Å². The molecule has 1 aromatic rings. The fourth-order valence-corrected chi connectivity index (χ4v) is 5.96. The normalized spacial score (nSPS) is 26.4. The van der Waals surface area contributed by atoms with Crippen molar-refractivity contribution < 1.29 is 27.9 Å². The number of anilines is 1. The second kappa shape index (κ2) is 6.23. The molecule has 2 bridgehead atoms. The minimum atomic E-state index is -4.90. The summed E-state index contributed by atoms with van der Waals surface area (Å²) in [5, 5.41) is 9.99. The van der Waals surface area contributed by atoms with Gasteiger partial charge in [-0.1, -0.05) is 25.2 Å². The van der Waals surface area contributed by atoms with Crippen LogP contribution in [0.4, 0.5) is 23.1 Å². The second-order valence-corrected chi connectivity index (χ2v) is 9.35. The highest BCUT2D eigenvalue weighted by molar-refractivity contribution is 7.15. The molecule has 0 aliphatic carbocycles. The van der Waals surface area contributed by atoms with E-state index < -0.39 is 23.6 Å². The number of hydrogen-bond acceptors (Lipinski definition) is 5. The number of fused-ring (bicyclic) bond motifs is 3. The number of hydrogen-bond donors (Lipinski definition) is 1. The third-order valence-corrected chi connectivity index (χ3v) is 6.80. The number of rotatable bonds is 1. The number of amides is 2. The van der Waals surface area contributed by atoms with Crippen molar-refractivity contribution in [1.82, 2.24) is 14.8 Å². The molecule has 11 heteroatoms. The second-order valence-electron chi connectivity index (χ2n) is 8.29. The molecule has 2 saturated heterocycles. The first-order valence-electron chi connectivity index (χ1n) is 9.10. The molecule has 4 heterocycles. The Morgan fingerprint density at radius 2 is 1.79 bits per heavy atom. The predicted octanol–water partition coefficient (Wildman–Crippen LogP) is 2.66. The lowest BCUT2D eigenvalue weighted by Crippen LogP contribution is -2.55. The van der Waals surface area contributed by atoms with Gasteiger partial charge in [-0.15, -0.1) is 0 Å². The highest BCUT2D eigenvalue weighted by Gasteiger charge is 2.48. The zero-order valence-corrected chi connectivity index (χ0v) is 16.3. The standard InChI is InChI=1S/C17H21F3N4O3S/c1-16(2)8-23(13(25)17(18,19)20)7-11-12(16)21-14(28-11)24-9-3-4-10(24)6-22(5-9)15(26)27/h9-10H,3-8H2,1-2H3,(H,26,27). The molecule has 7 nitrogen and oxygen atoms in total. The van der Waals surface area contributed by atoms with Gasteiger partial charge in [-0.25, -0.2) is 9.78 Å². The van der Waals surface area contributed by atoms with Crippen LogP contribution < -0.4 is 4.90 Å². The number of halogens is 3. The minimum absolute atomic E-state index is 0.0264. The molecular weight excluding hydrogens is 397 g/mol. The maximum absolute atomic E-state index is 12.9. The third-order valence-electron chi connectivity index (χ3n) is 5.75. The summed E-state index contributed by atoms with van der Waals surface area (Å²) in [7, 11) is 0. The molecule has 3 aliphatic rings. The molecule has 28 heavy (non-hydrogen) atoms. The van der Waals surface area contributed by atoms with Crippen LogP contribution in [0.3, 0.4) is 0 Å². The molecule has 0 radical (unpaired) electrons. The number of carboxylic acid groups (broad SMARTS) is 1. The van der Waals surface area contributed by atoms with Gasteiger partial charge < -0.3 is 19.8 Å². The van der Waals surface area contributed by atoms with E-state index >= 15 is 0 Å². The molecule has 3 aliphatic heterocycles. The first kappa shape index (κ1) is 19.3.